The van der Waals surface area contributed by atoms with Crippen molar-refractivity contribution in [3.8, 4) is 0 Å². The van der Waals surface area contributed by atoms with Crippen molar-refractivity contribution in [3.63, 3.8) is 0 Å². The van der Waals surface area contributed by atoms with Crippen LogP contribution >= 0.6 is 0 Å². The molecule has 23 heavy (non-hydrogen) atoms. The number of ether oxygens (including phenoxy) is 2. The van der Waals surface area contributed by atoms with Crippen molar-refractivity contribution in [1.29, 1.82) is 0 Å². The van der Waals surface area contributed by atoms with Crippen LogP contribution in [0.15, 0.2) is 53.6 Å². The molecule has 0 radical (unpaired) electrons. The molecule has 2 aromatic rings. The minimum Gasteiger partial charge on any atom is -0.594 e. The molecule has 0 fully saturated rings. The van der Waals surface area contributed by atoms with Crippen LogP contribution in [0.3, 0.4) is 0 Å². The van der Waals surface area contributed by atoms with E-state index in [1.165, 1.54) is 38.5 Å². The summed E-state index contributed by atoms with van der Waals surface area (Å²) in [5, 5.41) is 16.2. The molecule has 2 rings (SSSR count). The van der Waals surface area contributed by atoms with Crippen LogP contribution in [0.4, 0.5) is 11.4 Å². The van der Waals surface area contributed by atoms with Gasteiger partial charge in [0, 0.05) is 11.2 Å². The molecule has 0 saturated carbocycles. The zero-order valence-corrected chi connectivity index (χ0v) is 12.6. The third kappa shape index (κ3) is 3.52. The monoisotopic (exact) mass is 314 g/mol. The molecule has 0 aliphatic carbocycles. The summed E-state index contributed by atoms with van der Waals surface area (Å²) in [7, 11) is 2.46. The summed E-state index contributed by atoms with van der Waals surface area (Å²) in [6.07, 6.45) is 0. The number of methoxy groups -OCH3 is 2. The molecule has 2 aromatic carbocycles. The van der Waals surface area contributed by atoms with Crippen molar-refractivity contribution in [2.75, 3.05) is 14.2 Å². The molecule has 0 spiro atoms. The van der Waals surface area contributed by atoms with Crippen LogP contribution in [0.1, 0.15) is 20.7 Å². The van der Waals surface area contributed by atoms with Crippen LogP contribution in [0.2, 0.25) is 0 Å². The molecule has 0 atom stereocenters. The highest BCUT2D eigenvalue weighted by atomic mass is 16.5. The highest BCUT2D eigenvalue weighted by Crippen LogP contribution is 2.25. The fourth-order valence-corrected chi connectivity index (χ4v) is 1.92. The third-order valence-corrected chi connectivity index (χ3v) is 3.02. The van der Waals surface area contributed by atoms with Gasteiger partial charge in [0.25, 0.3) is 5.69 Å². The molecule has 0 bridgehead atoms. The molecule has 0 saturated heterocycles. The van der Waals surface area contributed by atoms with Crippen LogP contribution in [-0.2, 0) is 9.47 Å². The standard InChI is InChI=1S/C16H14N2O5/c1-22-15(19)11-7-3-5-9-13(11)17-18(21)14-10-6-4-8-12(14)16(20)23-2/h3-10H,1-2H3. The van der Waals surface area contributed by atoms with E-state index < -0.39 is 11.9 Å². The molecule has 0 aromatic heterocycles. The van der Waals surface area contributed by atoms with Crippen LogP contribution in [-0.4, -0.2) is 31.0 Å². The average Bonchev–Trinajstić information content (AvgIpc) is 2.60. The lowest BCUT2D eigenvalue weighted by Gasteiger charge is -2.06. The van der Waals surface area contributed by atoms with Gasteiger partial charge in [0.1, 0.15) is 11.3 Å². The van der Waals surface area contributed by atoms with E-state index in [0.717, 1.165) is 0 Å². The number of azo groups is 1. The van der Waals surface area contributed by atoms with Gasteiger partial charge < -0.3 is 14.7 Å². The Morgan fingerprint density at radius 1 is 0.913 bits per heavy atom. The van der Waals surface area contributed by atoms with Gasteiger partial charge in [-0.15, -0.1) is 0 Å². The quantitative estimate of drug-likeness (QED) is 0.374. The molecular formula is C16H14N2O5. The lowest BCUT2D eigenvalue weighted by molar-refractivity contribution is -0.435. The summed E-state index contributed by atoms with van der Waals surface area (Å²) in [6.45, 7) is 0. The van der Waals surface area contributed by atoms with Gasteiger partial charge in [0.2, 0.25) is 0 Å². The molecule has 0 unspecified atom stereocenters. The maximum Gasteiger partial charge on any atom is 0.344 e. The lowest BCUT2D eigenvalue weighted by Crippen LogP contribution is -2.06. The third-order valence-electron chi connectivity index (χ3n) is 3.02. The van der Waals surface area contributed by atoms with E-state index >= 15 is 0 Å². The van der Waals surface area contributed by atoms with Crippen LogP contribution in [0.5, 0.6) is 0 Å². The molecule has 7 nitrogen and oxygen atoms in total. The second-order valence-electron chi connectivity index (χ2n) is 4.39. The Kier molecular flexibility index (Phi) is 5.03. The Morgan fingerprint density at radius 2 is 1.43 bits per heavy atom. The minimum absolute atomic E-state index is 0.0130. The zero-order valence-electron chi connectivity index (χ0n) is 12.6. The zero-order chi connectivity index (χ0) is 16.8. The Morgan fingerprint density at radius 3 is 2.09 bits per heavy atom. The summed E-state index contributed by atoms with van der Waals surface area (Å²) < 4.78 is 9.29. The highest BCUT2D eigenvalue weighted by Gasteiger charge is 2.20. The average molecular weight is 314 g/mol. The molecule has 0 N–H and O–H groups in total. The first-order valence-electron chi connectivity index (χ1n) is 6.62. The van der Waals surface area contributed by atoms with Crippen molar-refractivity contribution in [3.05, 3.63) is 64.9 Å². The van der Waals surface area contributed by atoms with Crippen molar-refractivity contribution in [1.82, 2.24) is 0 Å². The first-order chi connectivity index (χ1) is 11.1. The van der Waals surface area contributed by atoms with E-state index in [1.807, 2.05) is 0 Å². The summed E-state index contributed by atoms with van der Waals surface area (Å²) >= 11 is 0. The van der Waals surface area contributed by atoms with Crippen molar-refractivity contribution >= 4 is 23.3 Å². The molecular weight excluding hydrogens is 300 g/mol. The lowest BCUT2D eigenvalue weighted by atomic mass is 10.2. The Labute approximate surface area is 132 Å². The fraction of sp³-hybridized carbons (Fsp3) is 0.125. The van der Waals surface area contributed by atoms with Crippen LogP contribution in [0, 0.1) is 5.21 Å². The van der Waals surface area contributed by atoms with Crippen LogP contribution < -0.4 is 0 Å². The summed E-state index contributed by atoms with van der Waals surface area (Å²) in [6, 6.07) is 12.3. The predicted molar refractivity (Wildman–Crippen MR) is 80.9 cm³/mol. The number of carbonyl (C=O) groups excluding carboxylic acids is 2. The van der Waals surface area contributed by atoms with E-state index in [0.29, 0.717) is 0 Å². The van der Waals surface area contributed by atoms with Gasteiger partial charge in [-0.05, 0) is 23.1 Å². The minimum atomic E-state index is -0.655. The summed E-state index contributed by atoms with van der Waals surface area (Å²) in [4.78, 5) is 23.7. The number of para-hydroxylation sites is 1. The largest absolute Gasteiger partial charge is 0.594 e. The smallest absolute Gasteiger partial charge is 0.344 e. The number of esters is 2. The van der Waals surface area contributed by atoms with Crippen LogP contribution in [0.25, 0.3) is 0 Å². The highest BCUT2D eigenvalue weighted by molar-refractivity contribution is 5.95. The van der Waals surface area contributed by atoms with E-state index in [1.54, 1.807) is 24.3 Å². The van der Waals surface area contributed by atoms with Gasteiger partial charge in [-0.2, -0.15) is 0 Å². The Balaban J connectivity index is 2.50. The first kappa shape index (κ1) is 16.2. The molecule has 0 aliphatic heterocycles. The number of rotatable bonds is 4. The van der Waals surface area contributed by atoms with Crippen molar-refractivity contribution in [2.24, 2.45) is 5.11 Å². The van der Waals surface area contributed by atoms with E-state index in [4.69, 9.17) is 0 Å². The maximum absolute atomic E-state index is 12.3. The van der Waals surface area contributed by atoms with E-state index in [2.05, 4.69) is 14.6 Å². The summed E-state index contributed by atoms with van der Waals surface area (Å²) in [5.74, 6) is -1.27. The number of nitrogens with zero attached hydrogens (tertiary/aromatic N) is 2. The number of carbonyl (C=O) groups is 2. The van der Waals surface area contributed by atoms with Gasteiger partial charge in [-0.1, -0.05) is 24.3 Å². The maximum atomic E-state index is 12.3. The Hall–Kier alpha value is -3.22. The van der Waals surface area contributed by atoms with E-state index in [9.17, 15) is 14.8 Å². The topological polar surface area (TPSA) is 91.0 Å². The second kappa shape index (κ2) is 7.17. The van der Waals surface area contributed by atoms with Gasteiger partial charge in [-0.25, -0.2) is 9.59 Å². The van der Waals surface area contributed by atoms with Gasteiger partial charge in [0.15, 0.2) is 0 Å². The van der Waals surface area contributed by atoms with Crippen molar-refractivity contribution < 1.29 is 23.9 Å². The predicted octanol–water partition coefficient (Wildman–Crippen LogP) is 3.19. The van der Waals surface area contributed by atoms with E-state index in [-0.39, 0.29) is 27.4 Å². The molecule has 118 valence electrons. The normalized spacial score (nSPS) is 11.0. The second-order valence-corrected chi connectivity index (χ2v) is 4.39. The molecule has 0 heterocycles. The SMILES string of the molecule is COC(=O)c1ccccc1N=[N+]([O-])c1ccccc1C(=O)OC. The number of benzene rings is 2. The summed E-state index contributed by atoms with van der Waals surface area (Å²) in [5.41, 5.74) is 0.365. The number of hydrogen-bond donors (Lipinski definition) is 0. The van der Waals surface area contributed by atoms with Crippen molar-refractivity contribution in [2.45, 2.75) is 0 Å². The number of hydrogen-bond acceptors (Lipinski definition) is 6. The first-order valence-corrected chi connectivity index (χ1v) is 6.62. The molecule has 0 aliphatic rings. The fourth-order valence-electron chi connectivity index (χ4n) is 1.92. The molecule has 0 amide bonds. The molecule has 7 heteroatoms. The Bertz CT molecular complexity index is 771. The van der Waals surface area contributed by atoms with Gasteiger partial charge in [-0.3, -0.25) is 0 Å². The van der Waals surface area contributed by atoms with Gasteiger partial charge >= 0.3 is 11.9 Å². The van der Waals surface area contributed by atoms with Gasteiger partial charge in [0.05, 0.1) is 19.8 Å².